The lowest BCUT2D eigenvalue weighted by Gasteiger charge is -2.07. The average Bonchev–Trinajstić information content (AvgIpc) is 2.77. The van der Waals surface area contributed by atoms with Gasteiger partial charge >= 0.3 is 0 Å². The van der Waals surface area contributed by atoms with Crippen LogP contribution < -0.4 is 0 Å². The zero-order valence-electron chi connectivity index (χ0n) is 9.91. The standard InChI is InChI=1S/C15H10Cl2FN/c16-12-3-2-11-5-6-19(15(11)8-12)9-10-1-4-13(17)14(18)7-10/h1-8H,9H2. The molecule has 0 atom stereocenters. The fourth-order valence-electron chi connectivity index (χ4n) is 2.13. The summed E-state index contributed by atoms with van der Waals surface area (Å²) >= 11 is 11.7. The third-order valence-electron chi connectivity index (χ3n) is 3.07. The number of hydrogen-bond donors (Lipinski definition) is 0. The van der Waals surface area contributed by atoms with Crippen molar-refractivity contribution in [3.63, 3.8) is 0 Å². The van der Waals surface area contributed by atoms with Gasteiger partial charge in [-0.05, 0) is 41.3 Å². The Morgan fingerprint density at radius 1 is 1.00 bits per heavy atom. The van der Waals surface area contributed by atoms with Gasteiger partial charge in [0.15, 0.2) is 0 Å². The molecule has 0 unspecified atom stereocenters. The van der Waals surface area contributed by atoms with Crippen LogP contribution in [0.1, 0.15) is 5.56 Å². The maximum Gasteiger partial charge on any atom is 0.142 e. The van der Waals surface area contributed by atoms with Gasteiger partial charge in [0.2, 0.25) is 0 Å². The summed E-state index contributed by atoms with van der Waals surface area (Å²) in [5.41, 5.74) is 1.89. The predicted molar refractivity (Wildman–Crippen MR) is 77.5 cm³/mol. The van der Waals surface area contributed by atoms with E-state index >= 15 is 0 Å². The quantitative estimate of drug-likeness (QED) is 0.617. The Kier molecular flexibility index (Phi) is 3.21. The van der Waals surface area contributed by atoms with Gasteiger partial charge in [0.25, 0.3) is 0 Å². The Balaban J connectivity index is 2.00. The molecule has 0 fully saturated rings. The predicted octanol–water partition coefficient (Wildman–Crippen LogP) is 5.14. The molecule has 4 heteroatoms. The van der Waals surface area contributed by atoms with Crippen molar-refractivity contribution >= 4 is 34.1 Å². The molecular formula is C15H10Cl2FN. The van der Waals surface area contributed by atoms with Crippen LogP contribution in [0.4, 0.5) is 4.39 Å². The first-order valence-corrected chi connectivity index (χ1v) is 6.57. The molecule has 0 radical (unpaired) electrons. The summed E-state index contributed by atoms with van der Waals surface area (Å²) in [6.45, 7) is 0.581. The number of fused-ring (bicyclic) bond motifs is 1. The molecule has 0 spiro atoms. The van der Waals surface area contributed by atoms with Crippen molar-refractivity contribution < 1.29 is 4.39 Å². The molecule has 0 bridgehead atoms. The van der Waals surface area contributed by atoms with E-state index in [1.165, 1.54) is 6.07 Å². The van der Waals surface area contributed by atoms with Crippen molar-refractivity contribution in [2.24, 2.45) is 0 Å². The molecule has 1 heterocycles. The molecule has 0 N–H and O–H groups in total. The van der Waals surface area contributed by atoms with Gasteiger partial charge in [-0.3, -0.25) is 0 Å². The van der Waals surface area contributed by atoms with Crippen LogP contribution in [0.2, 0.25) is 10.0 Å². The Bertz CT molecular complexity index is 749. The van der Waals surface area contributed by atoms with E-state index in [1.807, 2.05) is 41.1 Å². The third-order valence-corrected chi connectivity index (χ3v) is 3.61. The summed E-state index contributed by atoms with van der Waals surface area (Å²) in [6, 6.07) is 12.6. The number of benzene rings is 2. The highest BCUT2D eigenvalue weighted by Crippen LogP contribution is 2.22. The van der Waals surface area contributed by atoms with Crippen LogP contribution in [0.15, 0.2) is 48.7 Å². The van der Waals surface area contributed by atoms with E-state index in [-0.39, 0.29) is 5.02 Å². The van der Waals surface area contributed by atoms with Crippen molar-refractivity contribution in [1.29, 1.82) is 0 Å². The van der Waals surface area contributed by atoms with Gasteiger partial charge in [-0.25, -0.2) is 4.39 Å². The van der Waals surface area contributed by atoms with E-state index in [4.69, 9.17) is 23.2 Å². The Morgan fingerprint density at radius 3 is 2.63 bits per heavy atom. The normalized spacial score (nSPS) is 11.1. The molecule has 0 aliphatic rings. The summed E-state index contributed by atoms with van der Waals surface area (Å²) in [7, 11) is 0. The van der Waals surface area contributed by atoms with Crippen LogP contribution in [-0.2, 0) is 6.54 Å². The van der Waals surface area contributed by atoms with Gasteiger partial charge in [-0.2, -0.15) is 0 Å². The molecule has 0 saturated carbocycles. The summed E-state index contributed by atoms with van der Waals surface area (Å²) in [6.07, 6.45) is 1.97. The summed E-state index contributed by atoms with van der Waals surface area (Å²) in [5, 5.41) is 1.94. The van der Waals surface area contributed by atoms with Crippen LogP contribution in [0.3, 0.4) is 0 Å². The lowest BCUT2D eigenvalue weighted by atomic mass is 10.2. The van der Waals surface area contributed by atoms with E-state index < -0.39 is 5.82 Å². The second-order valence-electron chi connectivity index (χ2n) is 4.40. The monoisotopic (exact) mass is 293 g/mol. The Hall–Kier alpha value is -1.51. The maximum atomic E-state index is 13.4. The Morgan fingerprint density at radius 2 is 1.84 bits per heavy atom. The highest BCUT2D eigenvalue weighted by atomic mass is 35.5. The molecule has 0 aliphatic heterocycles. The minimum Gasteiger partial charge on any atom is -0.343 e. The first-order chi connectivity index (χ1) is 9.13. The minimum absolute atomic E-state index is 0.143. The fraction of sp³-hybridized carbons (Fsp3) is 0.0667. The van der Waals surface area contributed by atoms with E-state index in [2.05, 4.69) is 0 Å². The summed E-state index contributed by atoms with van der Waals surface area (Å²) in [4.78, 5) is 0. The SMILES string of the molecule is Fc1cc(Cn2ccc3ccc(Cl)cc32)ccc1Cl. The van der Waals surface area contributed by atoms with Crippen molar-refractivity contribution in [2.75, 3.05) is 0 Å². The van der Waals surface area contributed by atoms with Gasteiger partial charge in [-0.1, -0.05) is 35.3 Å². The van der Waals surface area contributed by atoms with E-state index in [9.17, 15) is 4.39 Å². The third kappa shape index (κ3) is 2.46. The molecule has 0 saturated heterocycles. The second kappa shape index (κ2) is 4.87. The van der Waals surface area contributed by atoms with Gasteiger partial charge in [0.1, 0.15) is 5.82 Å². The lowest BCUT2D eigenvalue weighted by Crippen LogP contribution is -1.98. The largest absolute Gasteiger partial charge is 0.343 e. The summed E-state index contributed by atoms with van der Waals surface area (Å²) < 4.78 is 15.5. The molecule has 1 aromatic heterocycles. The van der Waals surface area contributed by atoms with Gasteiger partial charge in [-0.15, -0.1) is 0 Å². The second-order valence-corrected chi connectivity index (χ2v) is 5.24. The molecule has 96 valence electrons. The molecule has 1 nitrogen and oxygen atoms in total. The van der Waals surface area contributed by atoms with Crippen molar-refractivity contribution in [2.45, 2.75) is 6.54 Å². The van der Waals surface area contributed by atoms with Crippen molar-refractivity contribution in [1.82, 2.24) is 4.57 Å². The minimum atomic E-state index is -0.395. The molecular weight excluding hydrogens is 284 g/mol. The van der Waals surface area contributed by atoms with E-state index in [0.29, 0.717) is 11.6 Å². The van der Waals surface area contributed by atoms with Crippen LogP contribution >= 0.6 is 23.2 Å². The first kappa shape index (κ1) is 12.5. The molecule has 3 aromatic rings. The van der Waals surface area contributed by atoms with Crippen LogP contribution in [-0.4, -0.2) is 4.57 Å². The van der Waals surface area contributed by atoms with Crippen LogP contribution in [0.5, 0.6) is 0 Å². The van der Waals surface area contributed by atoms with E-state index in [0.717, 1.165) is 16.5 Å². The first-order valence-electron chi connectivity index (χ1n) is 5.82. The van der Waals surface area contributed by atoms with Gasteiger partial charge in [0.05, 0.1) is 5.02 Å². The number of nitrogens with zero attached hydrogens (tertiary/aromatic N) is 1. The van der Waals surface area contributed by atoms with Crippen molar-refractivity contribution in [3.05, 3.63) is 70.1 Å². The maximum absolute atomic E-state index is 13.4. The van der Waals surface area contributed by atoms with Gasteiger partial charge < -0.3 is 4.57 Å². The number of rotatable bonds is 2. The zero-order valence-corrected chi connectivity index (χ0v) is 11.4. The molecule has 2 aromatic carbocycles. The van der Waals surface area contributed by atoms with Gasteiger partial charge in [0, 0.05) is 23.3 Å². The van der Waals surface area contributed by atoms with Crippen molar-refractivity contribution in [3.8, 4) is 0 Å². The average molecular weight is 294 g/mol. The van der Waals surface area contributed by atoms with Crippen LogP contribution in [0, 0.1) is 5.82 Å². The number of hydrogen-bond acceptors (Lipinski definition) is 0. The smallest absolute Gasteiger partial charge is 0.142 e. The fourth-order valence-corrected chi connectivity index (χ4v) is 2.41. The summed E-state index contributed by atoms with van der Waals surface area (Å²) in [5.74, 6) is -0.395. The number of aromatic nitrogens is 1. The van der Waals surface area contributed by atoms with E-state index in [1.54, 1.807) is 6.07 Å². The molecule has 0 amide bonds. The Labute approximate surface area is 120 Å². The highest BCUT2D eigenvalue weighted by molar-refractivity contribution is 6.31. The molecule has 0 aliphatic carbocycles. The zero-order chi connectivity index (χ0) is 13.4. The lowest BCUT2D eigenvalue weighted by molar-refractivity contribution is 0.624. The van der Waals surface area contributed by atoms with Crippen LogP contribution in [0.25, 0.3) is 10.9 Å². The molecule has 19 heavy (non-hydrogen) atoms. The highest BCUT2D eigenvalue weighted by Gasteiger charge is 2.05. The molecule has 3 rings (SSSR count). The number of halogens is 3. The topological polar surface area (TPSA) is 4.93 Å².